The molecule has 140 valence electrons. The maximum atomic E-state index is 12.4. The van der Waals surface area contributed by atoms with Crippen LogP contribution in [0.2, 0.25) is 0 Å². The Morgan fingerprint density at radius 1 is 1.11 bits per heavy atom. The predicted molar refractivity (Wildman–Crippen MR) is 108 cm³/mol. The number of benzene rings is 2. The first-order valence-corrected chi connectivity index (χ1v) is 9.75. The highest BCUT2D eigenvalue weighted by Crippen LogP contribution is 2.27. The molecule has 0 aliphatic heterocycles. The number of phenols is 2. The van der Waals surface area contributed by atoms with Crippen molar-refractivity contribution in [1.82, 2.24) is 9.97 Å². The second-order valence-corrected chi connectivity index (χ2v) is 7.01. The van der Waals surface area contributed by atoms with Gasteiger partial charge >= 0.3 is 0 Å². The molecule has 27 heavy (non-hydrogen) atoms. The Morgan fingerprint density at radius 3 is 2.70 bits per heavy atom. The number of phenolic OH excluding ortho intramolecular Hbond substituents is 2. The largest absolute Gasteiger partial charge is 0.504 e. The van der Waals surface area contributed by atoms with Crippen molar-refractivity contribution in [2.45, 2.75) is 24.9 Å². The summed E-state index contributed by atoms with van der Waals surface area (Å²) in [6.07, 6.45) is 2.13. The molecule has 3 rings (SSSR count). The van der Waals surface area contributed by atoms with Gasteiger partial charge in [-0.05, 0) is 36.8 Å². The fourth-order valence-electron chi connectivity index (χ4n) is 2.55. The molecule has 0 aliphatic carbocycles. The van der Waals surface area contributed by atoms with Gasteiger partial charge in [0.2, 0.25) is 0 Å². The molecule has 0 amide bonds. The average Bonchev–Trinajstić information content (AvgIpc) is 2.68. The maximum absolute atomic E-state index is 12.4. The molecule has 0 radical (unpaired) electrons. The van der Waals surface area contributed by atoms with Gasteiger partial charge in [-0.1, -0.05) is 37.2 Å². The number of hydrogen-bond acceptors (Lipinski definition) is 7. The van der Waals surface area contributed by atoms with Crippen molar-refractivity contribution < 1.29 is 15.0 Å². The zero-order valence-electron chi connectivity index (χ0n) is 15.0. The summed E-state index contributed by atoms with van der Waals surface area (Å²) in [5.74, 6) is 0.172. The lowest BCUT2D eigenvalue weighted by atomic mass is 10.1. The summed E-state index contributed by atoms with van der Waals surface area (Å²) in [6.45, 7) is 2.96. The lowest BCUT2D eigenvalue weighted by molar-refractivity contribution is 0.102. The highest BCUT2D eigenvalue weighted by Gasteiger charge is 2.13. The number of fused-ring (bicyclic) bond motifs is 1. The van der Waals surface area contributed by atoms with E-state index in [1.54, 1.807) is 0 Å². The molecular weight excluding hydrogens is 362 g/mol. The second kappa shape index (κ2) is 8.73. The standard InChI is InChI=1S/C20H21N3O3S/c1-2-3-10-21-19-14-6-4-5-7-15(14)22-20(23-19)27-12-18(26)13-8-9-16(24)17(25)11-13/h4-9,11,24-25H,2-3,10,12H2,1H3,(H,21,22,23). The smallest absolute Gasteiger partial charge is 0.190 e. The molecule has 0 atom stereocenters. The van der Waals surface area contributed by atoms with Crippen molar-refractivity contribution in [3.63, 3.8) is 0 Å². The van der Waals surface area contributed by atoms with E-state index >= 15 is 0 Å². The van der Waals surface area contributed by atoms with Gasteiger partial charge < -0.3 is 15.5 Å². The third kappa shape index (κ3) is 4.68. The molecule has 1 aromatic heterocycles. The van der Waals surface area contributed by atoms with Gasteiger partial charge in [-0.15, -0.1) is 0 Å². The van der Waals surface area contributed by atoms with E-state index in [0.717, 1.165) is 36.1 Å². The van der Waals surface area contributed by atoms with Gasteiger partial charge in [0.1, 0.15) is 5.82 Å². The Bertz CT molecular complexity index is 962. The fraction of sp³-hybridized carbons (Fsp3) is 0.250. The number of rotatable bonds is 8. The molecule has 0 spiro atoms. The molecule has 7 heteroatoms. The summed E-state index contributed by atoms with van der Waals surface area (Å²) in [6, 6.07) is 11.8. The van der Waals surface area contributed by atoms with E-state index in [2.05, 4.69) is 22.2 Å². The van der Waals surface area contributed by atoms with Crippen LogP contribution in [0.3, 0.4) is 0 Å². The normalized spacial score (nSPS) is 10.9. The van der Waals surface area contributed by atoms with Gasteiger partial charge in [0.05, 0.1) is 11.3 Å². The SMILES string of the molecule is CCCCNc1nc(SCC(=O)c2ccc(O)c(O)c2)nc2ccccc12. The minimum absolute atomic E-state index is 0.136. The topological polar surface area (TPSA) is 95.3 Å². The number of carbonyl (C=O) groups is 1. The summed E-state index contributed by atoms with van der Waals surface area (Å²) in [4.78, 5) is 21.5. The quantitative estimate of drug-likeness (QED) is 0.176. The first-order valence-electron chi connectivity index (χ1n) is 8.77. The van der Waals surface area contributed by atoms with Gasteiger partial charge in [0.25, 0.3) is 0 Å². The zero-order valence-corrected chi connectivity index (χ0v) is 15.8. The number of aromatic nitrogens is 2. The average molecular weight is 383 g/mol. The van der Waals surface area contributed by atoms with Crippen LogP contribution >= 0.6 is 11.8 Å². The number of aromatic hydroxyl groups is 2. The fourth-order valence-corrected chi connectivity index (χ4v) is 3.29. The van der Waals surface area contributed by atoms with Gasteiger partial charge in [-0.25, -0.2) is 9.97 Å². The highest BCUT2D eigenvalue weighted by atomic mass is 32.2. The van der Waals surface area contributed by atoms with E-state index in [1.807, 2.05) is 24.3 Å². The number of ketones is 1. The summed E-state index contributed by atoms with van der Waals surface area (Å²) in [5, 5.41) is 23.7. The lowest BCUT2D eigenvalue weighted by Crippen LogP contribution is -2.06. The van der Waals surface area contributed by atoms with Crippen molar-refractivity contribution in [3.8, 4) is 11.5 Å². The number of nitrogens with zero attached hydrogens (tertiary/aromatic N) is 2. The molecule has 0 fully saturated rings. The molecule has 0 saturated heterocycles. The van der Waals surface area contributed by atoms with Crippen molar-refractivity contribution in [2.75, 3.05) is 17.6 Å². The first-order chi connectivity index (χ1) is 13.1. The second-order valence-electron chi connectivity index (χ2n) is 6.07. The first kappa shape index (κ1) is 19.0. The number of anilines is 1. The van der Waals surface area contributed by atoms with Crippen molar-refractivity contribution >= 4 is 34.3 Å². The summed E-state index contributed by atoms with van der Waals surface area (Å²) in [5.41, 5.74) is 1.16. The van der Waals surface area contributed by atoms with E-state index < -0.39 is 0 Å². The molecule has 6 nitrogen and oxygen atoms in total. The van der Waals surface area contributed by atoms with Crippen LogP contribution in [0.1, 0.15) is 30.1 Å². The van der Waals surface area contributed by atoms with E-state index in [0.29, 0.717) is 10.7 Å². The maximum Gasteiger partial charge on any atom is 0.190 e. The van der Waals surface area contributed by atoms with Gasteiger partial charge in [-0.2, -0.15) is 0 Å². The van der Waals surface area contributed by atoms with Crippen LogP contribution in [0, 0.1) is 0 Å². The van der Waals surface area contributed by atoms with Gasteiger partial charge in [0.15, 0.2) is 22.4 Å². The molecule has 3 N–H and O–H groups in total. The molecule has 3 aromatic rings. The molecule has 0 bridgehead atoms. The number of carbonyl (C=O) groups excluding carboxylic acids is 1. The van der Waals surface area contributed by atoms with Crippen LogP contribution in [0.4, 0.5) is 5.82 Å². The molecule has 0 saturated carbocycles. The van der Waals surface area contributed by atoms with Crippen LogP contribution in [0.25, 0.3) is 10.9 Å². The zero-order chi connectivity index (χ0) is 19.2. The highest BCUT2D eigenvalue weighted by molar-refractivity contribution is 7.99. The Morgan fingerprint density at radius 2 is 1.93 bits per heavy atom. The molecular formula is C20H21N3O3S. The third-order valence-corrected chi connectivity index (χ3v) is 4.88. The minimum atomic E-state index is -0.310. The number of para-hydroxylation sites is 1. The number of hydrogen-bond donors (Lipinski definition) is 3. The lowest BCUT2D eigenvalue weighted by Gasteiger charge is -2.10. The van der Waals surface area contributed by atoms with Crippen LogP contribution in [0.5, 0.6) is 11.5 Å². The predicted octanol–water partition coefficient (Wildman–Crippen LogP) is 4.23. The Hall–Kier alpha value is -2.80. The summed E-state index contributed by atoms with van der Waals surface area (Å²) >= 11 is 1.25. The Kier molecular flexibility index (Phi) is 6.13. The molecule has 0 aliphatic rings. The Labute approximate surface area is 161 Å². The molecule has 2 aromatic carbocycles. The third-order valence-electron chi connectivity index (χ3n) is 4.04. The van der Waals surface area contributed by atoms with Gasteiger partial charge in [-0.3, -0.25) is 4.79 Å². The van der Waals surface area contributed by atoms with Crippen LogP contribution in [-0.4, -0.2) is 38.3 Å². The van der Waals surface area contributed by atoms with Crippen molar-refractivity contribution in [3.05, 3.63) is 48.0 Å². The number of thioether (sulfide) groups is 1. The van der Waals surface area contributed by atoms with Crippen molar-refractivity contribution in [2.24, 2.45) is 0 Å². The monoisotopic (exact) mass is 383 g/mol. The van der Waals surface area contributed by atoms with E-state index in [-0.39, 0.29) is 23.0 Å². The summed E-state index contributed by atoms with van der Waals surface area (Å²) < 4.78 is 0. The van der Waals surface area contributed by atoms with E-state index in [4.69, 9.17) is 0 Å². The van der Waals surface area contributed by atoms with E-state index in [9.17, 15) is 15.0 Å². The van der Waals surface area contributed by atoms with Crippen LogP contribution in [0.15, 0.2) is 47.6 Å². The summed E-state index contributed by atoms with van der Waals surface area (Å²) in [7, 11) is 0. The minimum Gasteiger partial charge on any atom is -0.504 e. The number of Topliss-reactive ketones (excluding diaryl/α,β-unsaturated/α-hetero) is 1. The van der Waals surface area contributed by atoms with Crippen molar-refractivity contribution in [1.29, 1.82) is 0 Å². The van der Waals surface area contributed by atoms with E-state index in [1.165, 1.54) is 30.0 Å². The number of unbranched alkanes of at least 4 members (excludes halogenated alkanes) is 1. The van der Waals surface area contributed by atoms with Crippen LogP contribution in [-0.2, 0) is 0 Å². The van der Waals surface area contributed by atoms with Gasteiger partial charge in [0, 0.05) is 17.5 Å². The Balaban J connectivity index is 1.77. The van der Waals surface area contributed by atoms with Crippen LogP contribution < -0.4 is 5.32 Å². The molecule has 1 heterocycles. The number of nitrogens with one attached hydrogen (secondary N) is 1. The molecule has 0 unspecified atom stereocenters.